The fraction of sp³-hybridized carbons (Fsp3) is 0.615. The van der Waals surface area contributed by atoms with Crippen LogP contribution in [0.1, 0.15) is 90.2 Å². The van der Waals surface area contributed by atoms with E-state index in [0.717, 1.165) is 49.7 Å². The second kappa shape index (κ2) is 10.6. The van der Waals surface area contributed by atoms with Crippen LogP contribution in [0.15, 0.2) is 24.3 Å². The van der Waals surface area contributed by atoms with Crippen molar-refractivity contribution >= 4 is 23.9 Å². The first-order valence-corrected chi connectivity index (χ1v) is 12.4. The summed E-state index contributed by atoms with van der Waals surface area (Å²) >= 11 is 0. The zero-order valence-electron chi connectivity index (χ0n) is 20.9. The molecule has 3 rings (SSSR count). The highest BCUT2D eigenvalue weighted by molar-refractivity contribution is 5.95. The quantitative estimate of drug-likeness (QED) is 0.682. The van der Waals surface area contributed by atoms with Crippen LogP contribution in [0.25, 0.3) is 0 Å². The number of nitrogens with one attached hydrogen (secondary N) is 2. The maximum absolute atomic E-state index is 12.9. The van der Waals surface area contributed by atoms with Gasteiger partial charge in [-0.1, -0.05) is 37.1 Å². The third-order valence-corrected chi connectivity index (χ3v) is 6.78. The van der Waals surface area contributed by atoms with Crippen LogP contribution >= 0.6 is 0 Å². The number of urea groups is 2. The highest BCUT2D eigenvalue weighted by Gasteiger charge is 2.32. The van der Waals surface area contributed by atoms with E-state index in [9.17, 15) is 19.2 Å². The van der Waals surface area contributed by atoms with E-state index >= 15 is 0 Å². The van der Waals surface area contributed by atoms with E-state index in [-0.39, 0.29) is 23.9 Å². The lowest BCUT2D eigenvalue weighted by molar-refractivity contribution is -0.128. The second-order valence-corrected chi connectivity index (χ2v) is 10.4. The Balaban J connectivity index is 1.74. The van der Waals surface area contributed by atoms with Gasteiger partial charge in [-0.3, -0.25) is 19.4 Å². The van der Waals surface area contributed by atoms with E-state index in [4.69, 9.17) is 0 Å². The summed E-state index contributed by atoms with van der Waals surface area (Å²) in [6.45, 7) is 8.47. The fourth-order valence-corrected chi connectivity index (χ4v) is 4.51. The molecule has 2 aliphatic heterocycles. The lowest BCUT2D eigenvalue weighted by atomic mass is 9.87. The number of imide groups is 2. The molecule has 0 atom stereocenters. The van der Waals surface area contributed by atoms with E-state index < -0.39 is 11.1 Å². The van der Waals surface area contributed by atoms with Gasteiger partial charge in [0.15, 0.2) is 0 Å². The van der Waals surface area contributed by atoms with E-state index in [1.54, 1.807) is 0 Å². The normalized spacial score (nSPS) is 18.2. The van der Waals surface area contributed by atoms with Gasteiger partial charge < -0.3 is 10.6 Å². The SMILES string of the molecule is CC(C)(NC(=O)N1CCCCCC1=O)c1cccc(C(C)(C)NC(=O)N2CCCCCC2=O)c1. The smallest absolute Gasteiger partial charge is 0.324 e. The summed E-state index contributed by atoms with van der Waals surface area (Å²) in [5, 5.41) is 6.02. The average Bonchev–Trinajstić information content (AvgIpc) is 3.12. The predicted octanol–water partition coefficient (Wildman–Crippen LogP) is 4.38. The minimum atomic E-state index is -0.736. The van der Waals surface area contributed by atoms with Gasteiger partial charge in [-0.15, -0.1) is 0 Å². The molecule has 0 radical (unpaired) electrons. The molecular weight excluding hydrogens is 432 g/mol. The molecule has 0 saturated carbocycles. The molecule has 8 heteroatoms. The highest BCUT2D eigenvalue weighted by atomic mass is 16.2. The predicted molar refractivity (Wildman–Crippen MR) is 130 cm³/mol. The number of hydrogen-bond acceptors (Lipinski definition) is 4. The number of benzene rings is 1. The van der Waals surface area contributed by atoms with Gasteiger partial charge in [-0.25, -0.2) is 9.59 Å². The molecule has 8 nitrogen and oxygen atoms in total. The Labute approximate surface area is 202 Å². The maximum Gasteiger partial charge on any atom is 0.324 e. The van der Waals surface area contributed by atoms with Crippen LogP contribution in [0.5, 0.6) is 0 Å². The molecule has 186 valence electrons. The third-order valence-electron chi connectivity index (χ3n) is 6.78. The van der Waals surface area contributed by atoms with Crippen molar-refractivity contribution in [2.45, 2.75) is 90.1 Å². The number of likely N-dealkylation sites (tertiary alicyclic amines) is 2. The van der Waals surface area contributed by atoms with Gasteiger partial charge in [0, 0.05) is 25.9 Å². The standard InChI is InChI=1S/C26H38N4O4/c1-25(2,27-23(33)29-16-9-5-7-14-21(29)31)19-12-11-13-20(18-19)26(3,4)28-24(34)30-17-10-6-8-15-22(30)32/h11-13,18H,5-10,14-17H2,1-4H3,(H,27,33)(H,28,34). The van der Waals surface area contributed by atoms with Crippen LogP contribution in [0.4, 0.5) is 9.59 Å². The summed E-state index contributed by atoms with van der Waals surface area (Å²) < 4.78 is 0. The van der Waals surface area contributed by atoms with Crippen LogP contribution in [0.2, 0.25) is 0 Å². The topological polar surface area (TPSA) is 98.8 Å². The van der Waals surface area contributed by atoms with Gasteiger partial charge in [0.25, 0.3) is 0 Å². The molecule has 0 aliphatic carbocycles. The summed E-state index contributed by atoms with van der Waals surface area (Å²) in [6, 6.07) is 6.92. The Morgan fingerprint density at radius 3 is 1.53 bits per heavy atom. The largest absolute Gasteiger partial charge is 0.329 e. The van der Waals surface area contributed by atoms with Crippen molar-refractivity contribution in [1.82, 2.24) is 20.4 Å². The number of carbonyl (C=O) groups excluding carboxylic acids is 4. The molecular formula is C26H38N4O4. The van der Waals surface area contributed by atoms with Crippen LogP contribution in [0, 0.1) is 0 Å². The number of hydrogen-bond donors (Lipinski definition) is 2. The number of nitrogens with zero attached hydrogens (tertiary/aromatic N) is 2. The summed E-state index contributed by atoms with van der Waals surface area (Å²) in [5.41, 5.74) is 0.240. The summed E-state index contributed by atoms with van der Waals surface area (Å²) in [7, 11) is 0. The fourth-order valence-electron chi connectivity index (χ4n) is 4.51. The van der Waals surface area contributed by atoms with Crippen LogP contribution in [0.3, 0.4) is 0 Å². The summed E-state index contributed by atoms with van der Waals surface area (Å²) in [5.74, 6) is -0.266. The zero-order chi connectivity index (χ0) is 24.9. The molecule has 1 aromatic rings. The molecule has 6 amide bonds. The van der Waals surface area contributed by atoms with Crippen molar-refractivity contribution in [3.63, 3.8) is 0 Å². The molecule has 0 bridgehead atoms. The van der Waals surface area contributed by atoms with Crippen molar-refractivity contribution in [3.05, 3.63) is 35.4 Å². The average molecular weight is 471 g/mol. The molecule has 0 spiro atoms. The van der Waals surface area contributed by atoms with Crippen LogP contribution < -0.4 is 10.6 Å². The van der Waals surface area contributed by atoms with E-state index in [0.29, 0.717) is 25.9 Å². The van der Waals surface area contributed by atoms with Crippen molar-refractivity contribution in [1.29, 1.82) is 0 Å². The highest BCUT2D eigenvalue weighted by Crippen LogP contribution is 2.27. The van der Waals surface area contributed by atoms with Gasteiger partial charge in [0.1, 0.15) is 0 Å². The summed E-state index contributed by atoms with van der Waals surface area (Å²) in [4.78, 5) is 53.1. The van der Waals surface area contributed by atoms with E-state index in [1.807, 2.05) is 52.0 Å². The van der Waals surface area contributed by atoms with Gasteiger partial charge in [-0.05, 0) is 64.5 Å². The number of rotatable bonds is 4. The maximum atomic E-state index is 12.9. The second-order valence-electron chi connectivity index (χ2n) is 10.4. The lowest BCUT2D eigenvalue weighted by Gasteiger charge is -2.33. The van der Waals surface area contributed by atoms with Crippen LogP contribution in [-0.2, 0) is 20.7 Å². The van der Waals surface area contributed by atoms with E-state index in [2.05, 4.69) is 10.6 Å². The van der Waals surface area contributed by atoms with Gasteiger partial charge in [-0.2, -0.15) is 0 Å². The number of carbonyl (C=O) groups is 4. The van der Waals surface area contributed by atoms with Gasteiger partial charge in [0.2, 0.25) is 11.8 Å². The monoisotopic (exact) mass is 470 g/mol. The molecule has 0 unspecified atom stereocenters. The third kappa shape index (κ3) is 6.15. The molecule has 2 fully saturated rings. The van der Waals surface area contributed by atoms with Crippen molar-refractivity contribution in [3.8, 4) is 0 Å². The Morgan fingerprint density at radius 2 is 1.12 bits per heavy atom. The Hall–Kier alpha value is -2.90. The first kappa shape index (κ1) is 25.7. The van der Waals surface area contributed by atoms with Crippen molar-refractivity contribution in [2.24, 2.45) is 0 Å². The lowest BCUT2D eigenvalue weighted by Crippen LogP contribution is -2.51. The molecule has 34 heavy (non-hydrogen) atoms. The first-order valence-electron chi connectivity index (χ1n) is 12.4. The van der Waals surface area contributed by atoms with Crippen molar-refractivity contribution in [2.75, 3.05) is 13.1 Å². The minimum Gasteiger partial charge on any atom is -0.329 e. The summed E-state index contributed by atoms with van der Waals surface area (Å²) in [6.07, 6.45) is 5.98. The van der Waals surface area contributed by atoms with E-state index in [1.165, 1.54) is 9.80 Å². The van der Waals surface area contributed by atoms with Gasteiger partial charge in [0.05, 0.1) is 11.1 Å². The molecule has 2 saturated heterocycles. The zero-order valence-corrected chi connectivity index (χ0v) is 20.9. The molecule has 1 aromatic carbocycles. The first-order chi connectivity index (χ1) is 16.0. The molecule has 0 aromatic heterocycles. The van der Waals surface area contributed by atoms with Crippen LogP contribution in [-0.4, -0.2) is 46.8 Å². The molecule has 2 N–H and O–H groups in total. The molecule has 2 heterocycles. The minimum absolute atomic E-state index is 0.133. The molecule has 2 aliphatic rings. The Morgan fingerprint density at radius 1 is 0.706 bits per heavy atom. The van der Waals surface area contributed by atoms with Gasteiger partial charge >= 0.3 is 12.1 Å². The Bertz CT molecular complexity index is 869. The van der Waals surface area contributed by atoms with Crippen molar-refractivity contribution < 1.29 is 19.2 Å². The Kier molecular flexibility index (Phi) is 8.00. The number of amides is 6.